The van der Waals surface area contributed by atoms with Gasteiger partial charge in [0.1, 0.15) is 0 Å². The van der Waals surface area contributed by atoms with E-state index in [-0.39, 0.29) is 33.4 Å². The van der Waals surface area contributed by atoms with E-state index in [4.69, 9.17) is 0 Å². The molecule has 0 atom stereocenters. The van der Waals surface area contributed by atoms with Crippen LogP contribution in [0.4, 0.5) is 0 Å². The molecule has 0 N–H and O–H groups in total. The van der Waals surface area contributed by atoms with Crippen LogP contribution >= 0.6 is 44.5 Å². The summed E-state index contributed by atoms with van der Waals surface area (Å²) in [7, 11) is -0.478. The molecule has 0 saturated heterocycles. The third-order valence-electron chi connectivity index (χ3n) is 3.22. The van der Waals surface area contributed by atoms with Crippen molar-refractivity contribution in [2.75, 3.05) is 25.0 Å². The molecule has 0 spiro atoms. The number of fused-ring (bicyclic) bond motifs is 3. The molecule has 0 radical (unpaired) electrons. The second kappa shape index (κ2) is 5.02. The molecule has 0 unspecified atom stereocenters. The molecule has 0 saturated carbocycles. The van der Waals surface area contributed by atoms with Crippen LogP contribution in [0, 0.1) is 0 Å². The summed E-state index contributed by atoms with van der Waals surface area (Å²) in [5.41, 5.74) is 1.26. The number of thiol groups is 2. The zero-order chi connectivity index (χ0) is 14.6. The smallest absolute Gasteiger partial charge is 0.235 e. The van der Waals surface area contributed by atoms with Crippen molar-refractivity contribution in [3.05, 3.63) is 23.3 Å². The molecule has 0 amide bonds. The lowest BCUT2D eigenvalue weighted by molar-refractivity contribution is 0.0816. The van der Waals surface area contributed by atoms with E-state index >= 15 is 0 Å². The highest BCUT2D eigenvalue weighted by Crippen LogP contribution is 2.50. The van der Waals surface area contributed by atoms with E-state index < -0.39 is 0 Å². The van der Waals surface area contributed by atoms with Gasteiger partial charge in [-0.25, -0.2) is 21.8 Å². The summed E-state index contributed by atoms with van der Waals surface area (Å²) in [6.07, 6.45) is 8.71. The number of Topliss-reactive ketones (excluding diaryl/α,β-unsaturated/α-hetero) is 2. The lowest BCUT2D eigenvalue weighted by atomic mass is 9.96. The summed E-state index contributed by atoms with van der Waals surface area (Å²) in [6.45, 7) is 0. The number of ketones is 2. The van der Waals surface area contributed by atoms with Gasteiger partial charge in [-0.1, -0.05) is 0 Å². The molecular formula is C14H16O2S4. The minimum absolute atomic E-state index is 0.239. The van der Waals surface area contributed by atoms with Crippen LogP contribution < -0.4 is 0 Å². The van der Waals surface area contributed by atoms with Crippen LogP contribution in [0.2, 0.25) is 0 Å². The first-order chi connectivity index (χ1) is 9.40. The van der Waals surface area contributed by atoms with Crippen LogP contribution in [0.25, 0.3) is 9.75 Å². The van der Waals surface area contributed by atoms with Crippen LogP contribution in [0.1, 0.15) is 20.7 Å². The first kappa shape index (κ1) is 14.4. The second-order valence-electron chi connectivity index (χ2n) is 5.10. The quantitative estimate of drug-likeness (QED) is 0.635. The molecule has 0 aliphatic heterocycles. The van der Waals surface area contributed by atoms with Crippen molar-refractivity contribution >= 4 is 56.0 Å². The van der Waals surface area contributed by atoms with Crippen molar-refractivity contribution in [3.8, 4) is 9.75 Å². The SMILES string of the molecule is C[SH](C)c1cc2c(s1)-c1sc([SH](C)C)cc1C(=O)C2=O. The zero-order valence-corrected chi connectivity index (χ0v) is 15.1. The number of hydrogen-bond acceptors (Lipinski definition) is 4. The van der Waals surface area contributed by atoms with Crippen LogP contribution in [-0.4, -0.2) is 36.6 Å². The molecule has 0 bridgehead atoms. The Bertz CT molecular complexity index is 659. The van der Waals surface area contributed by atoms with E-state index in [0.717, 1.165) is 9.75 Å². The van der Waals surface area contributed by atoms with Crippen LogP contribution in [0.5, 0.6) is 0 Å². The average molecular weight is 345 g/mol. The van der Waals surface area contributed by atoms with Crippen molar-refractivity contribution in [2.45, 2.75) is 8.42 Å². The molecule has 6 heteroatoms. The molecule has 3 rings (SSSR count). The standard InChI is InChI=1S/C14H16O2S4/c1-19(2)9-5-7-11(15)12(16)8-6-10(20(3)4)18-14(8)13(7)17-9/h5-6,19-20H,1-4H3. The Morgan fingerprint density at radius 3 is 1.40 bits per heavy atom. The first-order valence-electron chi connectivity index (χ1n) is 6.12. The molecule has 0 aromatic carbocycles. The highest BCUT2D eigenvalue weighted by molar-refractivity contribution is 8.17. The Morgan fingerprint density at radius 1 is 0.750 bits per heavy atom. The molecule has 1 aliphatic carbocycles. The Balaban J connectivity index is 2.25. The molecule has 1 aliphatic rings. The topological polar surface area (TPSA) is 34.1 Å². The molecule has 2 aromatic rings. The van der Waals surface area contributed by atoms with E-state index in [0.29, 0.717) is 11.1 Å². The molecule has 2 aromatic heterocycles. The molecule has 108 valence electrons. The van der Waals surface area contributed by atoms with E-state index in [9.17, 15) is 9.59 Å². The summed E-state index contributed by atoms with van der Waals surface area (Å²) in [5.74, 6) is -0.652. The molecule has 0 fully saturated rings. The number of thiophene rings is 2. The Hall–Kier alpha value is -0.560. The molecular weight excluding hydrogens is 328 g/mol. The predicted molar refractivity (Wildman–Crippen MR) is 94.5 cm³/mol. The highest BCUT2D eigenvalue weighted by atomic mass is 32.2. The van der Waals surface area contributed by atoms with Gasteiger partial charge in [0.15, 0.2) is 0 Å². The van der Waals surface area contributed by atoms with Gasteiger partial charge in [-0.15, -0.1) is 22.7 Å². The fraction of sp³-hybridized carbons (Fsp3) is 0.286. The lowest BCUT2D eigenvalue weighted by Crippen LogP contribution is -2.18. The van der Waals surface area contributed by atoms with Gasteiger partial charge in [-0.3, -0.25) is 9.59 Å². The van der Waals surface area contributed by atoms with Crippen LogP contribution in [0.15, 0.2) is 20.6 Å². The van der Waals surface area contributed by atoms with Crippen LogP contribution in [0.3, 0.4) is 0 Å². The maximum absolute atomic E-state index is 12.3. The van der Waals surface area contributed by atoms with Gasteiger partial charge in [-0.2, -0.15) is 0 Å². The highest BCUT2D eigenvalue weighted by Gasteiger charge is 2.34. The molecule has 20 heavy (non-hydrogen) atoms. The van der Waals surface area contributed by atoms with Gasteiger partial charge >= 0.3 is 0 Å². The van der Waals surface area contributed by atoms with Gasteiger partial charge < -0.3 is 0 Å². The Morgan fingerprint density at radius 2 is 1.10 bits per heavy atom. The number of carbonyl (C=O) groups is 2. The summed E-state index contributed by atoms with van der Waals surface area (Å²) >= 11 is 3.38. The lowest BCUT2D eigenvalue weighted by Gasteiger charge is -2.08. The normalized spacial score (nSPS) is 15.0. The van der Waals surface area contributed by atoms with Gasteiger partial charge in [0.2, 0.25) is 11.6 Å². The minimum atomic E-state index is -0.326. The maximum Gasteiger partial charge on any atom is 0.235 e. The van der Waals surface area contributed by atoms with E-state index in [1.54, 1.807) is 22.7 Å². The maximum atomic E-state index is 12.3. The van der Waals surface area contributed by atoms with E-state index in [1.807, 2.05) is 12.1 Å². The summed E-state index contributed by atoms with van der Waals surface area (Å²) in [6, 6.07) is 3.88. The number of carbonyl (C=O) groups excluding carboxylic acids is 2. The van der Waals surface area contributed by atoms with Gasteiger partial charge in [-0.05, 0) is 37.2 Å². The monoisotopic (exact) mass is 344 g/mol. The Labute approximate surface area is 131 Å². The van der Waals surface area contributed by atoms with Crippen molar-refractivity contribution < 1.29 is 9.59 Å². The molecule has 2 heterocycles. The summed E-state index contributed by atoms with van der Waals surface area (Å²) < 4.78 is 2.48. The van der Waals surface area contributed by atoms with Gasteiger partial charge in [0.25, 0.3) is 0 Å². The predicted octanol–water partition coefficient (Wildman–Crippen LogP) is 4.10. The largest absolute Gasteiger partial charge is 0.285 e. The zero-order valence-electron chi connectivity index (χ0n) is 11.7. The number of hydrogen-bond donors (Lipinski definition) is 2. The van der Waals surface area contributed by atoms with Crippen LogP contribution in [-0.2, 0) is 0 Å². The van der Waals surface area contributed by atoms with Gasteiger partial charge in [0.05, 0.1) is 9.75 Å². The van der Waals surface area contributed by atoms with E-state index in [1.165, 1.54) is 8.42 Å². The minimum Gasteiger partial charge on any atom is -0.285 e. The van der Waals surface area contributed by atoms with Gasteiger partial charge in [0, 0.05) is 19.5 Å². The first-order valence-corrected chi connectivity index (χ1v) is 12.2. The number of rotatable bonds is 2. The summed E-state index contributed by atoms with van der Waals surface area (Å²) in [4.78, 5) is 26.6. The second-order valence-corrected chi connectivity index (χ2v) is 12.4. The third kappa shape index (κ3) is 2.09. The van der Waals surface area contributed by atoms with E-state index in [2.05, 4.69) is 25.0 Å². The third-order valence-corrected chi connectivity index (χ3v) is 10.0. The fourth-order valence-corrected chi connectivity index (χ4v) is 6.85. The molecule has 2 nitrogen and oxygen atoms in total. The van der Waals surface area contributed by atoms with Crippen molar-refractivity contribution in [1.82, 2.24) is 0 Å². The van der Waals surface area contributed by atoms with Crippen molar-refractivity contribution in [1.29, 1.82) is 0 Å². The van der Waals surface area contributed by atoms with Crippen molar-refractivity contribution in [3.63, 3.8) is 0 Å². The van der Waals surface area contributed by atoms with Crippen molar-refractivity contribution in [2.24, 2.45) is 0 Å². The summed E-state index contributed by atoms with van der Waals surface area (Å²) in [5, 5.41) is 0. The fourth-order valence-electron chi connectivity index (χ4n) is 2.12. The average Bonchev–Trinajstić information content (AvgIpc) is 2.99. The Kier molecular flexibility index (Phi) is 3.61.